The summed E-state index contributed by atoms with van der Waals surface area (Å²) >= 11 is 0. The van der Waals surface area contributed by atoms with Crippen LogP contribution in [0.2, 0.25) is 0 Å². The quantitative estimate of drug-likeness (QED) is 0.767. The maximum absolute atomic E-state index is 5.59. The second kappa shape index (κ2) is 6.10. The Bertz CT molecular complexity index is 333. The standard InChI is InChI=1S/C13H12O.ClH/c1-3-7-12(8-4-1)11-14-13-9-5-2-6-10-13;/h1-10H,11H2;1H. The second-order valence-corrected chi connectivity index (χ2v) is 3.09. The molecule has 2 heteroatoms. The fraction of sp³-hybridized carbons (Fsp3) is 0.0769. The molecule has 0 N–H and O–H groups in total. The fourth-order valence-electron chi connectivity index (χ4n) is 1.26. The van der Waals surface area contributed by atoms with Crippen LogP contribution < -0.4 is 4.74 Å². The van der Waals surface area contributed by atoms with Gasteiger partial charge in [-0.05, 0) is 17.7 Å². The van der Waals surface area contributed by atoms with Gasteiger partial charge in [-0.25, -0.2) is 0 Å². The third-order valence-electron chi connectivity index (χ3n) is 1.99. The Labute approximate surface area is 96.1 Å². The molecule has 2 aromatic carbocycles. The normalized spacial score (nSPS) is 9.07. The first-order chi connectivity index (χ1) is 6.95. The highest BCUT2D eigenvalue weighted by Gasteiger charge is 1.92. The first-order valence-electron chi connectivity index (χ1n) is 4.67. The summed E-state index contributed by atoms with van der Waals surface area (Å²) in [4.78, 5) is 0. The Morgan fingerprint density at radius 1 is 0.733 bits per heavy atom. The Hall–Kier alpha value is -1.47. The lowest BCUT2D eigenvalue weighted by molar-refractivity contribution is 0.306. The van der Waals surface area contributed by atoms with Crippen molar-refractivity contribution in [3.63, 3.8) is 0 Å². The van der Waals surface area contributed by atoms with E-state index in [4.69, 9.17) is 4.74 Å². The number of para-hydroxylation sites is 1. The molecule has 0 atom stereocenters. The van der Waals surface area contributed by atoms with E-state index in [2.05, 4.69) is 12.1 Å². The lowest BCUT2D eigenvalue weighted by atomic mass is 10.2. The zero-order valence-electron chi connectivity index (χ0n) is 8.30. The molecule has 15 heavy (non-hydrogen) atoms. The summed E-state index contributed by atoms with van der Waals surface area (Å²) in [6.07, 6.45) is 0. The van der Waals surface area contributed by atoms with Crippen LogP contribution in [-0.2, 0) is 6.61 Å². The van der Waals surface area contributed by atoms with Crippen molar-refractivity contribution < 1.29 is 4.74 Å². The highest BCUT2D eigenvalue weighted by atomic mass is 35.5. The number of halogens is 1. The molecule has 0 radical (unpaired) electrons. The van der Waals surface area contributed by atoms with Crippen LogP contribution in [0.25, 0.3) is 0 Å². The Morgan fingerprint density at radius 3 is 1.87 bits per heavy atom. The first-order valence-corrected chi connectivity index (χ1v) is 4.67. The van der Waals surface area contributed by atoms with E-state index >= 15 is 0 Å². The number of hydrogen-bond acceptors (Lipinski definition) is 1. The predicted molar refractivity (Wildman–Crippen MR) is 64.5 cm³/mol. The Kier molecular flexibility index (Phi) is 4.72. The predicted octanol–water partition coefficient (Wildman–Crippen LogP) is 3.69. The van der Waals surface area contributed by atoms with Gasteiger partial charge in [0.15, 0.2) is 0 Å². The molecule has 0 spiro atoms. The summed E-state index contributed by atoms with van der Waals surface area (Å²) in [6.45, 7) is 0.630. The van der Waals surface area contributed by atoms with Crippen molar-refractivity contribution in [3.8, 4) is 5.75 Å². The maximum Gasteiger partial charge on any atom is 0.119 e. The van der Waals surface area contributed by atoms with E-state index in [1.54, 1.807) is 0 Å². The molecule has 0 aliphatic rings. The van der Waals surface area contributed by atoms with Crippen LogP contribution in [0, 0.1) is 0 Å². The van der Waals surface area contributed by atoms with Crippen LogP contribution in [-0.4, -0.2) is 0 Å². The van der Waals surface area contributed by atoms with Gasteiger partial charge in [-0.2, -0.15) is 0 Å². The van der Waals surface area contributed by atoms with Gasteiger partial charge >= 0.3 is 0 Å². The van der Waals surface area contributed by atoms with Crippen molar-refractivity contribution in [1.82, 2.24) is 0 Å². The lowest BCUT2D eigenvalue weighted by Crippen LogP contribution is -1.94. The third-order valence-corrected chi connectivity index (χ3v) is 1.99. The molecule has 0 saturated heterocycles. The van der Waals surface area contributed by atoms with E-state index in [9.17, 15) is 0 Å². The molecule has 0 fully saturated rings. The van der Waals surface area contributed by atoms with Crippen molar-refractivity contribution in [2.24, 2.45) is 0 Å². The van der Waals surface area contributed by atoms with Gasteiger partial charge in [-0.1, -0.05) is 48.5 Å². The van der Waals surface area contributed by atoms with Gasteiger partial charge in [0.1, 0.15) is 12.4 Å². The van der Waals surface area contributed by atoms with Crippen molar-refractivity contribution in [2.75, 3.05) is 0 Å². The minimum Gasteiger partial charge on any atom is -0.489 e. The molecule has 0 saturated carbocycles. The summed E-state index contributed by atoms with van der Waals surface area (Å²) in [6, 6.07) is 20.0. The maximum atomic E-state index is 5.59. The summed E-state index contributed by atoms with van der Waals surface area (Å²) in [5.41, 5.74) is 1.19. The van der Waals surface area contributed by atoms with Crippen LogP contribution in [0.15, 0.2) is 60.7 Å². The topological polar surface area (TPSA) is 9.23 Å². The number of benzene rings is 2. The molecular formula is C13H13ClO. The van der Waals surface area contributed by atoms with Gasteiger partial charge in [-0.15, -0.1) is 12.4 Å². The molecular weight excluding hydrogens is 208 g/mol. The third kappa shape index (κ3) is 3.64. The van der Waals surface area contributed by atoms with Crippen LogP contribution in [0.1, 0.15) is 5.56 Å². The molecule has 1 nitrogen and oxygen atoms in total. The Balaban J connectivity index is 0.00000112. The molecule has 0 aliphatic carbocycles. The van der Waals surface area contributed by atoms with Gasteiger partial charge in [0.05, 0.1) is 0 Å². The number of rotatable bonds is 3. The summed E-state index contributed by atoms with van der Waals surface area (Å²) in [5.74, 6) is 0.913. The van der Waals surface area contributed by atoms with Gasteiger partial charge in [0.25, 0.3) is 0 Å². The number of hydrogen-bond donors (Lipinski definition) is 0. The van der Waals surface area contributed by atoms with Gasteiger partial charge < -0.3 is 4.74 Å². The summed E-state index contributed by atoms with van der Waals surface area (Å²) < 4.78 is 5.59. The van der Waals surface area contributed by atoms with E-state index < -0.39 is 0 Å². The minimum atomic E-state index is 0. The highest BCUT2D eigenvalue weighted by molar-refractivity contribution is 5.85. The van der Waals surface area contributed by atoms with E-state index in [0.717, 1.165) is 5.75 Å². The molecule has 0 amide bonds. The Morgan fingerprint density at radius 2 is 1.27 bits per heavy atom. The SMILES string of the molecule is Cl.c1ccc(COc2ccccc2)cc1. The monoisotopic (exact) mass is 220 g/mol. The second-order valence-electron chi connectivity index (χ2n) is 3.09. The van der Waals surface area contributed by atoms with E-state index in [0.29, 0.717) is 6.61 Å². The van der Waals surface area contributed by atoms with E-state index in [1.165, 1.54) is 5.56 Å². The smallest absolute Gasteiger partial charge is 0.119 e. The van der Waals surface area contributed by atoms with Crippen molar-refractivity contribution in [2.45, 2.75) is 6.61 Å². The molecule has 0 aliphatic heterocycles. The van der Waals surface area contributed by atoms with Gasteiger partial charge in [0, 0.05) is 0 Å². The van der Waals surface area contributed by atoms with Crippen LogP contribution in [0.5, 0.6) is 5.75 Å². The molecule has 2 aromatic rings. The molecule has 0 heterocycles. The van der Waals surface area contributed by atoms with Gasteiger partial charge in [0.2, 0.25) is 0 Å². The molecule has 0 unspecified atom stereocenters. The van der Waals surface area contributed by atoms with E-state index in [-0.39, 0.29) is 12.4 Å². The minimum absolute atomic E-state index is 0. The van der Waals surface area contributed by atoms with Crippen molar-refractivity contribution in [1.29, 1.82) is 0 Å². The summed E-state index contributed by atoms with van der Waals surface area (Å²) in [5, 5.41) is 0. The molecule has 0 aromatic heterocycles. The molecule has 0 bridgehead atoms. The van der Waals surface area contributed by atoms with Crippen molar-refractivity contribution in [3.05, 3.63) is 66.2 Å². The molecule has 2 rings (SSSR count). The average Bonchev–Trinajstić information content (AvgIpc) is 2.29. The largest absolute Gasteiger partial charge is 0.489 e. The molecule has 78 valence electrons. The van der Waals surface area contributed by atoms with Crippen LogP contribution in [0.4, 0.5) is 0 Å². The average molecular weight is 221 g/mol. The fourth-order valence-corrected chi connectivity index (χ4v) is 1.26. The highest BCUT2D eigenvalue weighted by Crippen LogP contribution is 2.10. The zero-order chi connectivity index (χ0) is 9.64. The van der Waals surface area contributed by atoms with Crippen LogP contribution >= 0.6 is 12.4 Å². The van der Waals surface area contributed by atoms with E-state index in [1.807, 2.05) is 48.5 Å². The van der Waals surface area contributed by atoms with Gasteiger partial charge in [-0.3, -0.25) is 0 Å². The van der Waals surface area contributed by atoms with Crippen molar-refractivity contribution >= 4 is 12.4 Å². The first kappa shape index (κ1) is 11.6. The zero-order valence-corrected chi connectivity index (χ0v) is 9.11. The lowest BCUT2D eigenvalue weighted by Gasteiger charge is -2.05. The van der Waals surface area contributed by atoms with Crippen LogP contribution in [0.3, 0.4) is 0 Å². The summed E-state index contributed by atoms with van der Waals surface area (Å²) in [7, 11) is 0. The number of ether oxygens (including phenoxy) is 1.